The Morgan fingerprint density at radius 3 is 2.42 bits per heavy atom. The molecule has 2 aromatic rings. The smallest absolute Gasteiger partial charge is 0.307 e. The van der Waals surface area contributed by atoms with Crippen molar-refractivity contribution >= 4 is 23.5 Å². The number of carbonyl (C=O) groups excluding carboxylic acids is 2. The molecule has 6 heteroatoms. The molecule has 0 radical (unpaired) electrons. The van der Waals surface area contributed by atoms with Crippen molar-refractivity contribution < 1.29 is 19.1 Å². The molecule has 0 saturated heterocycles. The molecule has 0 aliphatic carbocycles. The van der Waals surface area contributed by atoms with Gasteiger partial charge in [0.1, 0.15) is 5.75 Å². The summed E-state index contributed by atoms with van der Waals surface area (Å²) < 4.78 is 10.3. The normalized spacial score (nSPS) is 11.5. The highest BCUT2D eigenvalue weighted by atomic mass is 35.5. The maximum absolute atomic E-state index is 12.3. The van der Waals surface area contributed by atoms with Crippen LogP contribution < -0.4 is 10.1 Å². The average Bonchev–Trinajstić information content (AvgIpc) is 2.61. The molecule has 1 unspecified atom stereocenters. The van der Waals surface area contributed by atoms with Crippen molar-refractivity contribution in [1.29, 1.82) is 0 Å². The number of amides is 1. The minimum absolute atomic E-state index is 0.0213. The van der Waals surface area contributed by atoms with E-state index in [2.05, 4.69) is 5.32 Å². The fourth-order valence-electron chi connectivity index (χ4n) is 2.54. The van der Waals surface area contributed by atoms with Crippen molar-refractivity contribution in [3.05, 3.63) is 64.2 Å². The fourth-order valence-corrected chi connectivity index (χ4v) is 2.66. The molecule has 1 atom stereocenters. The second-order valence-corrected chi connectivity index (χ2v) is 6.45. The second-order valence-electron chi connectivity index (χ2n) is 6.01. The first-order valence-corrected chi connectivity index (χ1v) is 8.58. The van der Waals surface area contributed by atoms with Crippen LogP contribution in [0.3, 0.4) is 0 Å². The lowest BCUT2D eigenvalue weighted by Crippen LogP contribution is -2.34. The first-order valence-electron chi connectivity index (χ1n) is 8.20. The Hall–Kier alpha value is -2.53. The number of benzene rings is 2. The Kier molecular flexibility index (Phi) is 7.04. The fraction of sp³-hybridized carbons (Fsp3) is 0.300. The van der Waals surface area contributed by atoms with Gasteiger partial charge in [0.15, 0.2) is 6.61 Å². The SMILES string of the molecule is COC(=O)CC(NC(=O)COc1ccc(C)cc1C)c1ccc(Cl)cc1. The number of nitrogens with one attached hydrogen (secondary N) is 1. The van der Waals surface area contributed by atoms with Crippen molar-refractivity contribution in [3.63, 3.8) is 0 Å². The number of methoxy groups -OCH3 is 1. The number of hydrogen-bond donors (Lipinski definition) is 1. The van der Waals surface area contributed by atoms with Gasteiger partial charge >= 0.3 is 5.97 Å². The van der Waals surface area contributed by atoms with Crippen LogP contribution in [0.25, 0.3) is 0 Å². The van der Waals surface area contributed by atoms with Crippen LogP contribution in [-0.4, -0.2) is 25.6 Å². The Labute approximate surface area is 158 Å². The van der Waals surface area contributed by atoms with Crippen LogP contribution in [-0.2, 0) is 14.3 Å². The lowest BCUT2D eigenvalue weighted by Gasteiger charge is -2.19. The molecule has 138 valence electrons. The first kappa shape index (κ1) is 19.8. The molecule has 1 N–H and O–H groups in total. The maximum atomic E-state index is 12.3. The molecule has 0 bridgehead atoms. The van der Waals surface area contributed by atoms with E-state index in [0.29, 0.717) is 10.8 Å². The summed E-state index contributed by atoms with van der Waals surface area (Å²) in [5.74, 6) is -0.0869. The largest absolute Gasteiger partial charge is 0.484 e. The summed E-state index contributed by atoms with van der Waals surface area (Å²) in [7, 11) is 1.31. The molecule has 0 aliphatic rings. The minimum atomic E-state index is -0.519. The average molecular weight is 376 g/mol. The van der Waals surface area contributed by atoms with Gasteiger partial charge in [-0.25, -0.2) is 0 Å². The Bertz CT molecular complexity index is 774. The number of ether oxygens (including phenoxy) is 2. The Morgan fingerprint density at radius 2 is 1.81 bits per heavy atom. The monoisotopic (exact) mass is 375 g/mol. The van der Waals surface area contributed by atoms with Gasteiger partial charge in [0, 0.05) is 5.02 Å². The van der Waals surface area contributed by atoms with Crippen LogP contribution in [0.5, 0.6) is 5.75 Å². The van der Waals surface area contributed by atoms with Gasteiger partial charge in [0.2, 0.25) is 0 Å². The van der Waals surface area contributed by atoms with Gasteiger partial charge in [-0.05, 0) is 43.2 Å². The molecule has 0 aliphatic heterocycles. The zero-order valence-corrected chi connectivity index (χ0v) is 15.8. The van der Waals surface area contributed by atoms with E-state index in [-0.39, 0.29) is 18.9 Å². The number of halogens is 1. The Morgan fingerprint density at radius 1 is 1.12 bits per heavy atom. The van der Waals surface area contributed by atoms with Gasteiger partial charge in [-0.15, -0.1) is 0 Å². The quantitative estimate of drug-likeness (QED) is 0.748. The highest BCUT2D eigenvalue weighted by Crippen LogP contribution is 2.21. The summed E-state index contributed by atoms with van der Waals surface area (Å²) in [6.45, 7) is 3.77. The summed E-state index contributed by atoms with van der Waals surface area (Å²) in [6, 6.07) is 12.2. The van der Waals surface area contributed by atoms with Crippen LogP contribution in [0.4, 0.5) is 0 Å². The molecule has 26 heavy (non-hydrogen) atoms. The van der Waals surface area contributed by atoms with Crippen molar-refractivity contribution in [2.45, 2.75) is 26.3 Å². The van der Waals surface area contributed by atoms with E-state index in [4.69, 9.17) is 21.1 Å². The topological polar surface area (TPSA) is 64.6 Å². The van der Waals surface area contributed by atoms with Crippen molar-refractivity contribution in [2.24, 2.45) is 0 Å². The zero-order chi connectivity index (χ0) is 19.1. The third kappa shape index (κ3) is 5.77. The standard InChI is InChI=1S/C20H22ClNO4/c1-13-4-9-18(14(2)10-13)26-12-19(23)22-17(11-20(24)25-3)15-5-7-16(21)8-6-15/h4-10,17H,11-12H2,1-3H3,(H,22,23). The molecule has 2 rings (SSSR count). The van der Waals surface area contributed by atoms with Gasteiger partial charge < -0.3 is 14.8 Å². The molecule has 0 fully saturated rings. The summed E-state index contributed by atoms with van der Waals surface area (Å²) in [5, 5.41) is 3.39. The highest BCUT2D eigenvalue weighted by molar-refractivity contribution is 6.30. The molecule has 0 aromatic heterocycles. The highest BCUT2D eigenvalue weighted by Gasteiger charge is 2.19. The van der Waals surface area contributed by atoms with E-state index in [1.54, 1.807) is 24.3 Å². The molecule has 0 spiro atoms. The summed E-state index contributed by atoms with van der Waals surface area (Å²) in [4.78, 5) is 24.0. The van der Waals surface area contributed by atoms with Gasteiger partial charge in [0.25, 0.3) is 5.91 Å². The van der Waals surface area contributed by atoms with E-state index in [1.807, 2.05) is 32.0 Å². The molecule has 2 aromatic carbocycles. The lowest BCUT2D eigenvalue weighted by atomic mass is 10.0. The Balaban J connectivity index is 2.03. The molecular formula is C20H22ClNO4. The molecule has 5 nitrogen and oxygen atoms in total. The van der Waals surface area contributed by atoms with Gasteiger partial charge in [-0.1, -0.05) is 41.4 Å². The van der Waals surface area contributed by atoms with E-state index >= 15 is 0 Å². The summed E-state index contributed by atoms with van der Waals surface area (Å²) >= 11 is 5.90. The second kappa shape index (κ2) is 9.25. The zero-order valence-electron chi connectivity index (χ0n) is 15.0. The van der Waals surface area contributed by atoms with Gasteiger partial charge in [-0.3, -0.25) is 9.59 Å². The number of carbonyl (C=O) groups is 2. The van der Waals surface area contributed by atoms with E-state index in [0.717, 1.165) is 16.7 Å². The predicted octanol–water partition coefficient (Wildman–Crippen LogP) is 3.76. The minimum Gasteiger partial charge on any atom is -0.484 e. The molecule has 1 amide bonds. The van der Waals surface area contributed by atoms with Crippen LogP contribution in [0, 0.1) is 13.8 Å². The summed E-state index contributed by atoms with van der Waals surface area (Å²) in [5.41, 5.74) is 2.85. The van der Waals surface area contributed by atoms with Gasteiger partial charge in [-0.2, -0.15) is 0 Å². The van der Waals surface area contributed by atoms with Crippen molar-refractivity contribution in [3.8, 4) is 5.75 Å². The maximum Gasteiger partial charge on any atom is 0.307 e. The molecular weight excluding hydrogens is 354 g/mol. The van der Waals surface area contributed by atoms with Crippen LogP contribution in [0.2, 0.25) is 5.02 Å². The van der Waals surface area contributed by atoms with Crippen molar-refractivity contribution in [2.75, 3.05) is 13.7 Å². The predicted molar refractivity (Wildman–Crippen MR) is 100 cm³/mol. The van der Waals surface area contributed by atoms with Crippen molar-refractivity contribution in [1.82, 2.24) is 5.32 Å². The third-order valence-corrected chi connectivity index (χ3v) is 4.15. The number of esters is 1. The molecule has 0 heterocycles. The van der Waals surface area contributed by atoms with E-state index < -0.39 is 12.0 Å². The number of rotatable bonds is 7. The lowest BCUT2D eigenvalue weighted by molar-refractivity contribution is -0.141. The first-order chi connectivity index (χ1) is 12.4. The van der Waals surface area contributed by atoms with Crippen LogP contribution in [0.15, 0.2) is 42.5 Å². The van der Waals surface area contributed by atoms with E-state index in [1.165, 1.54) is 7.11 Å². The summed E-state index contributed by atoms with van der Waals surface area (Å²) in [6.07, 6.45) is 0.0213. The molecule has 0 saturated carbocycles. The number of hydrogen-bond acceptors (Lipinski definition) is 4. The van der Waals surface area contributed by atoms with Crippen LogP contribution in [0.1, 0.15) is 29.2 Å². The number of aryl methyl sites for hydroxylation is 2. The van der Waals surface area contributed by atoms with Crippen LogP contribution >= 0.6 is 11.6 Å². The third-order valence-electron chi connectivity index (χ3n) is 3.90. The van der Waals surface area contributed by atoms with E-state index in [9.17, 15) is 9.59 Å². The van der Waals surface area contributed by atoms with Gasteiger partial charge in [0.05, 0.1) is 19.6 Å².